The summed E-state index contributed by atoms with van der Waals surface area (Å²) in [4.78, 5) is 0. The molecule has 0 aromatic carbocycles. The van der Waals surface area contributed by atoms with Gasteiger partial charge >= 0.3 is 0 Å². The fraction of sp³-hybridized carbons (Fsp3) is 0.600. The predicted molar refractivity (Wildman–Crippen MR) is 51.0 cm³/mol. The summed E-state index contributed by atoms with van der Waals surface area (Å²) in [5.74, 6) is 0. The standard InChI is InChI=1S/C10H17NO/c1-4-5-9(8(2)3)10(12)6-11-7-10/h4-5,11-12H,6-7H2,1-3H3/b5-4-. The maximum absolute atomic E-state index is 10.00. The molecule has 0 amide bonds. The lowest BCUT2D eigenvalue weighted by molar-refractivity contribution is 0.0284. The largest absolute Gasteiger partial charge is 0.382 e. The van der Waals surface area contributed by atoms with Gasteiger partial charge in [-0.25, -0.2) is 0 Å². The van der Waals surface area contributed by atoms with Crippen LogP contribution >= 0.6 is 0 Å². The summed E-state index contributed by atoms with van der Waals surface area (Å²) in [5.41, 5.74) is 1.64. The summed E-state index contributed by atoms with van der Waals surface area (Å²) >= 11 is 0. The molecule has 0 radical (unpaired) electrons. The monoisotopic (exact) mass is 167 g/mol. The average Bonchev–Trinajstić information content (AvgIpc) is 1.95. The lowest BCUT2D eigenvalue weighted by atomic mass is 9.85. The van der Waals surface area contributed by atoms with Crippen molar-refractivity contribution in [3.8, 4) is 0 Å². The van der Waals surface area contributed by atoms with Crippen molar-refractivity contribution in [1.82, 2.24) is 5.32 Å². The smallest absolute Gasteiger partial charge is 0.114 e. The van der Waals surface area contributed by atoms with Crippen LogP contribution in [0.4, 0.5) is 0 Å². The van der Waals surface area contributed by atoms with E-state index in [2.05, 4.69) is 5.32 Å². The van der Waals surface area contributed by atoms with Crippen molar-refractivity contribution >= 4 is 0 Å². The van der Waals surface area contributed by atoms with E-state index in [4.69, 9.17) is 0 Å². The van der Waals surface area contributed by atoms with Crippen LogP contribution < -0.4 is 5.32 Å². The van der Waals surface area contributed by atoms with Gasteiger partial charge in [0.15, 0.2) is 0 Å². The van der Waals surface area contributed by atoms with Crippen molar-refractivity contribution < 1.29 is 5.11 Å². The van der Waals surface area contributed by atoms with Gasteiger partial charge in [0.05, 0.1) is 0 Å². The van der Waals surface area contributed by atoms with Crippen LogP contribution in [0.25, 0.3) is 0 Å². The van der Waals surface area contributed by atoms with Crippen LogP contribution in [0.1, 0.15) is 20.8 Å². The SMILES string of the molecule is C/C=C\C(=C(C)C)C1(O)CNC1. The van der Waals surface area contributed by atoms with E-state index in [1.807, 2.05) is 32.9 Å². The molecule has 0 aromatic rings. The van der Waals surface area contributed by atoms with Gasteiger partial charge in [-0.05, 0) is 26.3 Å². The van der Waals surface area contributed by atoms with Gasteiger partial charge in [0.25, 0.3) is 0 Å². The Morgan fingerprint density at radius 2 is 2.00 bits per heavy atom. The van der Waals surface area contributed by atoms with E-state index in [0.717, 1.165) is 5.57 Å². The number of rotatable bonds is 2. The first-order valence-corrected chi connectivity index (χ1v) is 4.34. The maximum Gasteiger partial charge on any atom is 0.114 e. The van der Waals surface area contributed by atoms with Crippen LogP contribution in [0.2, 0.25) is 0 Å². The molecule has 0 saturated carbocycles. The molecule has 0 atom stereocenters. The quantitative estimate of drug-likeness (QED) is 0.606. The molecule has 2 nitrogen and oxygen atoms in total. The molecule has 0 spiro atoms. The highest BCUT2D eigenvalue weighted by atomic mass is 16.3. The number of hydrogen-bond acceptors (Lipinski definition) is 2. The topological polar surface area (TPSA) is 32.3 Å². The fourth-order valence-corrected chi connectivity index (χ4v) is 1.51. The normalized spacial score (nSPS) is 20.7. The highest BCUT2D eigenvalue weighted by Crippen LogP contribution is 2.25. The average molecular weight is 167 g/mol. The summed E-state index contributed by atoms with van der Waals surface area (Å²) < 4.78 is 0. The third-order valence-electron chi connectivity index (χ3n) is 2.21. The molecule has 0 aliphatic carbocycles. The second kappa shape index (κ2) is 3.42. The predicted octanol–water partition coefficient (Wildman–Crippen LogP) is 1.23. The maximum atomic E-state index is 10.00. The first-order valence-electron chi connectivity index (χ1n) is 4.34. The Hall–Kier alpha value is -0.600. The van der Waals surface area contributed by atoms with E-state index in [0.29, 0.717) is 13.1 Å². The zero-order valence-electron chi connectivity index (χ0n) is 8.02. The van der Waals surface area contributed by atoms with Gasteiger partial charge in [0, 0.05) is 13.1 Å². The zero-order valence-corrected chi connectivity index (χ0v) is 8.02. The number of β-amino-alcohol motifs (C(OH)–C–C–N with tert-alkyl or cyclic N) is 1. The van der Waals surface area contributed by atoms with E-state index in [1.54, 1.807) is 0 Å². The highest BCUT2D eigenvalue weighted by Gasteiger charge is 2.37. The van der Waals surface area contributed by atoms with Crippen molar-refractivity contribution in [2.75, 3.05) is 13.1 Å². The number of aliphatic hydroxyl groups is 1. The summed E-state index contributed by atoms with van der Waals surface area (Å²) in [6.07, 6.45) is 3.97. The lowest BCUT2D eigenvalue weighted by Crippen LogP contribution is -2.60. The molecule has 2 N–H and O–H groups in total. The second-order valence-corrected chi connectivity index (χ2v) is 3.55. The van der Waals surface area contributed by atoms with Crippen LogP contribution in [0.5, 0.6) is 0 Å². The molecule has 0 bridgehead atoms. The van der Waals surface area contributed by atoms with Crippen LogP contribution in [0, 0.1) is 0 Å². The highest BCUT2D eigenvalue weighted by molar-refractivity contribution is 5.35. The Bertz CT molecular complexity index is 220. The fourth-order valence-electron chi connectivity index (χ4n) is 1.51. The molecule has 1 heterocycles. The Morgan fingerprint density at radius 1 is 1.42 bits per heavy atom. The number of nitrogens with one attached hydrogen (secondary N) is 1. The van der Waals surface area contributed by atoms with E-state index in [-0.39, 0.29) is 0 Å². The molecule has 1 saturated heterocycles. The molecule has 1 aliphatic rings. The van der Waals surface area contributed by atoms with E-state index in [9.17, 15) is 5.11 Å². The van der Waals surface area contributed by atoms with Gasteiger partial charge in [0.1, 0.15) is 5.60 Å². The molecular formula is C10H17NO. The minimum absolute atomic E-state index is 0.606. The summed E-state index contributed by atoms with van der Waals surface area (Å²) in [5, 5.41) is 13.1. The summed E-state index contributed by atoms with van der Waals surface area (Å²) in [6.45, 7) is 7.39. The van der Waals surface area contributed by atoms with E-state index in [1.165, 1.54) is 5.57 Å². The van der Waals surface area contributed by atoms with Crippen LogP contribution in [0.3, 0.4) is 0 Å². The molecule has 0 unspecified atom stereocenters. The molecule has 1 fully saturated rings. The zero-order chi connectivity index (χ0) is 9.19. The second-order valence-electron chi connectivity index (χ2n) is 3.55. The summed E-state index contributed by atoms with van der Waals surface area (Å²) in [6, 6.07) is 0. The Morgan fingerprint density at radius 3 is 2.25 bits per heavy atom. The minimum Gasteiger partial charge on any atom is -0.382 e. The van der Waals surface area contributed by atoms with Gasteiger partial charge in [-0.2, -0.15) is 0 Å². The molecular weight excluding hydrogens is 150 g/mol. The van der Waals surface area contributed by atoms with Gasteiger partial charge in [0.2, 0.25) is 0 Å². The Balaban J connectivity index is 2.87. The number of hydrogen-bond donors (Lipinski definition) is 2. The van der Waals surface area contributed by atoms with Gasteiger partial charge in [-0.15, -0.1) is 0 Å². The Kier molecular flexibility index (Phi) is 2.70. The minimum atomic E-state index is -0.606. The van der Waals surface area contributed by atoms with Crippen LogP contribution in [-0.4, -0.2) is 23.8 Å². The molecule has 12 heavy (non-hydrogen) atoms. The molecule has 1 aliphatic heterocycles. The summed E-state index contributed by atoms with van der Waals surface area (Å²) in [7, 11) is 0. The molecule has 1 rings (SSSR count). The van der Waals surface area contributed by atoms with Crippen LogP contribution in [0.15, 0.2) is 23.3 Å². The van der Waals surface area contributed by atoms with E-state index >= 15 is 0 Å². The molecule has 0 aromatic heterocycles. The van der Waals surface area contributed by atoms with Crippen LogP contribution in [-0.2, 0) is 0 Å². The number of allylic oxidation sites excluding steroid dienone is 2. The first-order chi connectivity index (χ1) is 5.60. The van der Waals surface area contributed by atoms with Crippen molar-refractivity contribution in [2.45, 2.75) is 26.4 Å². The Labute approximate surface area is 74.0 Å². The van der Waals surface area contributed by atoms with Gasteiger partial charge in [-0.3, -0.25) is 0 Å². The van der Waals surface area contributed by atoms with Crippen molar-refractivity contribution in [3.05, 3.63) is 23.3 Å². The van der Waals surface area contributed by atoms with Crippen molar-refractivity contribution in [1.29, 1.82) is 0 Å². The van der Waals surface area contributed by atoms with Crippen molar-refractivity contribution in [2.24, 2.45) is 0 Å². The van der Waals surface area contributed by atoms with E-state index < -0.39 is 5.60 Å². The molecule has 68 valence electrons. The molecule has 2 heteroatoms. The third kappa shape index (κ3) is 1.59. The van der Waals surface area contributed by atoms with Gasteiger partial charge in [-0.1, -0.05) is 17.7 Å². The third-order valence-corrected chi connectivity index (χ3v) is 2.21. The first kappa shape index (κ1) is 9.49. The van der Waals surface area contributed by atoms with Crippen molar-refractivity contribution in [3.63, 3.8) is 0 Å². The van der Waals surface area contributed by atoms with Gasteiger partial charge < -0.3 is 10.4 Å². The lowest BCUT2D eigenvalue weighted by Gasteiger charge is -2.39.